The number of benzene rings is 1. The molecule has 1 aliphatic heterocycles. The summed E-state index contributed by atoms with van der Waals surface area (Å²) in [6.07, 6.45) is 5.80. The number of carbonyl (C=O) groups excluding carboxylic acids is 1. The second-order valence-corrected chi connectivity index (χ2v) is 10.1. The third-order valence-electron chi connectivity index (χ3n) is 6.06. The first-order chi connectivity index (χ1) is 15.8. The number of carbonyl (C=O) groups is 1. The third-order valence-corrected chi connectivity index (χ3v) is 8.10. The van der Waals surface area contributed by atoms with Gasteiger partial charge in [0.1, 0.15) is 12.3 Å². The number of rotatable bonds is 8. The van der Waals surface area contributed by atoms with E-state index in [1.165, 1.54) is 10.4 Å². The van der Waals surface area contributed by atoms with Gasteiger partial charge in [-0.25, -0.2) is 18.2 Å². The fourth-order valence-corrected chi connectivity index (χ4v) is 5.76. The van der Waals surface area contributed by atoms with Gasteiger partial charge in [0.2, 0.25) is 10.0 Å². The van der Waals surface area contributed by atoms with Gasteiger partial charge in [-0.05, 0) is 49.6 Å². The van der Waals surface area contributed by atoms with Crippen LogP contribution >= 0.6 is 0 Å². The lowest BCUT2D eigenvalue weighted by Crippen LogP contribution is -2.31. The van der Waals surface area contributed by atoms with Gasteiger partial charge in [-0.3, -0.25) is 0 Å². The minimum absolute atomic E-state index is 0.00637. The molecule has 0 atom stereocenters. The fourth-order valence-electron chi connectivity index (χ4n) is 4.28. The molecule has 9 heteroatoms. The first-order valence-corrected chi connectivity index (χ1v) is 12.8. The van der Waals surface area contributed by atoms with Crippen molar-refractivity contribution in [2.24, 2.45) is 0 Å². The van der Waals surface area contributed by atoms with Crippen LogP contribution in [0.5, 0.6) is 0 Å². The molecular formula is C24H30N4O4S. The normalized spacial score (nSPS) is 14.4. The highest BCUT2D eigenvalue weighted by atomic mass is 32.2. The number of aromatic nitrogens is 2. The minimum atomic E-state index is -3.70. The first kappa shape index (κ1) is 23.3. The average molecular weight is 471 g/mol. The van der Waals surface area contributed by atoms with Crippen LogP contribution in [0.3, 0.4) is 0 Å². The van der Waals surface area contributed by atoms with Gasteiger partial charge in [0.05, 0.1) is 21.8 Å². The Morgan fingerprint density at radius 2 is 1.88 bits per heavy atom. The number of sulfonamides is 1. The predicted molar refractivity (Wildman–Crippen MR) is 127 cm³/mol. The number of aryl methyl sites for hydroxylation is 1. The summed E-state index contributed by atoms with van der Waals surface area (Å²) in [5.74, 6) is -0.553. The maximum Gasteiger partial charge on any atom is 0.340 e. The quantitative estimate of drug-likeness (QED) is 0.468. The summed E-state index contributed by atoms with van der Waals surface area (Å²) < 4.78 is 35.0. The Hall–Kier alpha value is -2.91. The number of hydrogen-bond acceptors (Lipinski definition) is 6. The molecule has 0 saturated carbocycles. The zero-order valence-electron chi connectivity index (χ0n) is 19.3. The monoisotopic (exact) mass is 470 g/mol. The molecule has 1 aliphatic rings. The van der Waals surface area contributed by atoms with Crippen LogP contribution in [-0.2, 0) is 21.4 Å². The van der Waals surface area contributed by atoms with Crippen LogP contribution in [0.15, 0.2) is 47.6 Å². The average Bonchev–Trinajstić information content (AvgIpc) is 3.48. The summed E-state index contributed by atoms with van der Waals surface area (Å²) in [7, 11) is -3.70. The molecule has 2 aromatic heterocycles. The Bertz CT molecular complexity index is 1260. The molecule has 0 radical (unpaired) electrons. The number of pyridine rings is 1. The van der Waals surface area contributed by atoms with Gasteiger partial charge in [-0.15, -0.1) is 0 Å². The summed E-state index contributed by atoms with van der Waals surface area (Å²) >= 11 is 0. The number of ether oxygens (including phenoxy) is 1. The maximum atomic E-state index is 13.2. The van der Waals surface area contributed by atoms with Crippen molar-refractivity contribution >= 4 is 27.3 Å². The van der Waals surface area contributed by atoms with E-state index in [-0.39, 0.29) is 17.1 Å². The van der Waals surface area contributed by atoms with Crippen molar-refractivity contribution in [1.29, 1.82) is 0 Å². The topological polar surface area (TPSA) is 84.2 Å². The van der Waals surface area contributed by atoms with Gasteiger partial charge in [0, 0.05) is 38.6 Å². The lowest BCUT2D eigenvalue weighted by molar-refractivity contribution is 0.0469. The van der Waals surface area contributed by atoms with Gasteiger partial charge in [-0.1, -0.05) is 19.9 Å². The van der Waals surface area contributed by atoms with E-state index in [0.717, 1.165) is 37.1 Å². The zero-order valence-corrected chi connectivity index (χ0v) is 20.1. The molecule has 33 heavy (non-hydrogen) atoms. The second kappa shape index (κ2) is 9.52. The molecule has 0 amide bonds. The third kappa shape index (κ3) is 4.60. The standard InChI is InChI=1S/C24H30N4O4S/c1-4-28(5-2)33(30,31)20-10-11-22(26-12-6-7-13-26)21(15-20)24(29)32-17-19-16-27-14-8-9-18(3)23(27)25-19/h8-11,14-16H,4-7,12-13,17H2,1-3H3. The van der Waals surface area contributed by atoms with Gasteiger partial charge in [0.15, 0.2) is 0 Å². The van der Waals surface area contributed by atoms with E-state index in [2.05, 4.69) is 9.88 Å². The van der Waals surface area contributed by atoms with E-state index in [0.29, 0.717) is 24.5 Å². The number of imidazole rings is 1. The molecule has 0 bridgehead atoms. The molecule has 0 spiro atoms. The Morgan fingerprint density at radius 1 is 1.15 bits per heavy atom. The van der Waals surface area contributed by atoms with Crippen molar-refractivity contribution in [3.8, 4) is 0 Å². The Morgan fingerprint density at radius 3 is 2.55 bits per heavy atom. The van der Waals surface area contributed by atoms with Crippen LogP contribution in [-0.4, -0.2) is 54.3 Å². The highest BCUT2D eigenvalue weighted by Crippen LogP contribution is 2.29. The van der Waals surface area contributed by atoms with E-state index < -0.39 is 16.0 Å². The SMILES string of the molecule is CCN(CC)S(=O)(=O)c1ccc(N2CCCC2)c(C(=O)OCc2cn3cccc(C)c3n2)c1. The number of anilines is 1. The van der Waals surface area contributed by atoms with Gasteiger partial charge < -0.3 is 14.0 Å². The minimum Gasteiger partial charge on any atom is -0.455 e. The van der Waals surface area contributed by atoms with Crippen LogP contribution in [0.25, 0.3) is 5.65 Å². The summed E-state index contributed by atoms with van der Waals surface area (Å²) in [6, 6.07) is 8.68. The fraction of sp³-hybridized carbons (Fsp3) is 0.417. The predicted octanol–water partition coefficient (Wildman–Crippen LogP) is 3.63. The van der Waals surface area contributed by atoms with Crippen molar-refractivity contribution in [1.82, 2.24) is 13.7 Å². The van der Waals surface area contributed by atoms with E-state index in [9.17, 15) is 13.2 Å². The summed E-state index contributed by atoms with van der Waals surface area (Å²) in [6.45, 7) is 7.95. The molecule has 0 N–H and O–H groups in total. The van der Waals surface area contributed by atoms with E-state index in [4.69, 9.17) is 4.74 Å². The van der Waals surface area contributed by atoms with E-state index in [1.807, 2.05) is 35.9 Å². The number of fused-ring (bicyclic) bond motifs is 1. The molecule has 3 heterocycles. The lowest BCUT2D eigenvalue weighted by atomic mass is 10.1. The molecule has 4 rings (SSSR count). The van der Waals surface area contributed by atoms with Crippen molar-refractivity contribution < 1.29 is 17.9 Å². The number of nitrogens with zero attached hydrogens (tertiary/aromatic N) is 4. The highest BCUT2D eigenvalue weighted by Gasteiger charge is 2.27. The van der Waals surface area contributed by atoms with Crippen LogP contribution in [0, 0.1) is 6.92 Å². The van der Waals surface area contributed by atoms with E-state index in [1.54, 1.807) is 26.0 Å². The Balaban J connectivity index is 1.64. The second-order valence-electron chi connectivity index (χ2n) is 8.19. The van der Waals surface area contributed by atoms with Crippen molar-refractivity contribution in [3.63, 3.8) is 0 Å². The molecule has 3 aromatic rings. The first-order valence-electron chi connectivity index (χ1n) is 11.3. The largest absolute Gasteiger partial charge is 0.455 e. The molecule has 0 unspecified atom stereocenters. The molecule has 0 aliphatic carbocycles. The van der Waals surface area contributed by atoms with Gasteiger partial charge >= 0.3 is 5.97 Å². The smallest absolute Gasteiger partial charge is 0.340 e. The van der Waals surface area contributed by atoms with Crippen molar-refractivity contribution in [3.05, 3.63) is 59.5 Å². The number of hydrogen-bond donors (Lipinski definition) is 0. The Labute approximate surface area is 194 Å². The number of esters is 1. The van der Waals surface area contributed by atoms with Gasteiger partial charge in [0.25, 0.3) is 0 Å². The van der Waals surface area contributed by atoms with Crippen molar-refractivity contribution in [2.45, 2.75) is 45.1 Å². The van der Waals surface area contributed by atoms with Gasteiger partial charge in [-0.2, -0.15) is 4.31 Å². The molecule has 1 fully saturated rings. The molecule has 1 aromatic carbocycles. The highest BCUT2D eigenvalue weighted by molar-refractivity contribution is 7.89. The van der Waals surface area contributed by atoms with Crippen LogP contribution < -0.4 is 4.90 Å². The molecule has 8 nitrogen and oxygen atoms in total. The molecule has 176 valence electrons. The maximum absolute atomic E-state index is 13.2. The van der Waals surface area contributed by atoms with Crippen molar-refractivity contribution in [2.75, 3.05) is 31.1 Å². The Kier molecular flexibility index (Phi) is 6.71. The summed E-state index contributed by atoms with van der Waals surface area (Å²) in [4.78, 5) is 19.9. The summed E-state index contributed by atoms with van der Waals surface area (Å²) in [5, 5.41) is 0. The van der Waals surface area contributed by atoms with Crippen LogP contribution in [0.4, 0.5) is 5.69 Å². The van der Waals surface area contributed by atoms with E-state index >= 15 is 0 Å². The van der Waals surface area contributed by atoms with Crippen LogP contribution in [0.2, 0.25) is 0 Å². The van der Waals surface area contributed by atoms with Crippen LogP contribution in [0.1, 0.15) is 48.3 Å². The summed E-state index contributed by atoms with van der Waals surface area (Å²) in [5.41, 5.74) is 3.45. The lowest BCUT2D eigenvalue weighted by Gasteiger charge is -2.23. The molecule has 1 saturated heterocycles. The molecular weight excluding hydrogens is 440 g/mol. The zero-order chi connectivity index (χ0) is 23.6.